The first kappa shape index (κ1) is 19.2. The van der Waals surface area contributed by atoms with Crippen LogP contribution < -0.4 is 10.1 Å². The highest BCUT2D eigenvalue weighted by Crippen LogP contribution is 2.19. The van der Waals surface area contributed by atoms with Gasteiger partial charge in [-0.1, -0.05) is 48.5 Å². The molecular formula is C22H29N3O2. The molecule has 27 heavy (non-hydrogen) atoms. The van der Waals surface area contributed by atoms with E-state index in [0.717, 1.165) is 43.2 Å². The topological polar surface area (TPSA) is 46.1 Å². The molecule has 1 atom stereocenters. The van der Waals surface area contributed by atoms with Crippen LogP contribution in [0.1, 0.15) is 24.5 Å². The van der Waals surface area contributed by atoms with Gasteiger partial charge >= 0.3 is 0 Å². The Morgan fingerprint density at radius 2 is 1.70 bits per heavy atom. The van der Waals surface area contributed by atoms with Gasteiger partial charge in [0.15, 0.2) is 5.96 Å². The van der Waals surface area contributed by atoms with E-state index >= 15 is 0 Å². The van der Waals surface area contributed by atoms with E-state index < -0.39 is 0 Å². The molecule has 0 bridgehead atoms. The van der Waals surface area contributed by atoms with Gasteiger partial charge in [0, 0.05) is 46.6 Å². The van der Waals surface area contributed by atoms with Gasteiger partial charge in [-0.25, -0.2) is 0 Å². The van der Waals surface area contributed by atoms with Crippen LogP contribution in [-0.2, 0) is 4.74 Å². The number of piperidine rings is 1. The molecule has 1 saturated heterocycles. The summed E-state index contributed by atoms with van der Waals surface area (Å²) in [5, 5.41) is 3.46. The van der Waals surface area contributed by atoms with Crippen LogP contribution in [0.25, 0.3) is 0 Å². The first-order chi connectivity index (χ1) is 13.3. The molecule has 1 heterocycles. The number of para-hydroxylation sites is 1. The second-order valence-electron chi connectivity index (χ2n) is 6.68. The Labute approximate surface area is 162 Å². The van der Waals surface area contributed by atoms with Gasteiger partial charge in [0.25, 0.3) is 0 Å². The molecule has 1 fully saturated rings. The molecule has 2 aromatic rings. The number of ether oxygens (including phenoxy) is 2. The largest absolute Gasteiger partial charge is 0.490 e. The molecular weight excluding hydrogens is 338 g/mol. The number of benzene rings is 2. The van der Waals surface area contributed by atoms with E-state index in [4.69, 9.17) is 9.47 Å². The molecule has 3 rings (SSSR count). The van der Waals surface area contributed by atoms with Crippen molar-refractivity contribution in [3.05, 3.63) is 66.2 Å². The van der Waals surface area contributed by atoms with E-state index in [1.807, 2.05) is 55.6 Å². The van der Waals surface area contributed by atoms with E-state index in [-0.39, 0.29) is 12.2 Å². The summed E-state index contributed by atoms with van der Waals surface area (Å²) < 4.78 is 11.7. The van der Waals surface area contributed by atoms with Crippen molar-refractivity contribution in [1.29, 1.82) is 0 Å². The summed E-state index contributed by atoms with van der Waals surface area (Å²) in [7, 11) is 3.58. The number of rotatable bonds is 6. The third-order valence-electron chi connectivity index (χ3n) is 4.90. The second kappa shape index (κ2) is 9.97. The summed E-state index contributed by atoms with van der Waals surface area (Å²) in [6, 6.07) is 20.3. The number of nitrogens with zero attached hydrogens (tertiary/aromatic N) is 2. The number of aliphatic imine (C=N–C) groups is 1. The van der Waals surface area contributed by atoms with Gasteiger partial charge in [0.05, 0.1) is 6.10 Å². The van der Waals surface area contributed by atoms with Gasteiger partial charge in [0.1, 0.15) is 11.9 Å². The molecule has 144 valence electrons. The lowest BCUT2D eigenvalue weighted by Gasteiger charge is -2.34. The molecule has 0 aromatic heterocycles. The van der Waals surface area contributed by atoms with Crippen molar-refractivity contribution in [2.75, 3.05) is 33.8 Å². The van der Waals surface area contributed by atoms with Crippen LogP contribution >= 0.6 is 0 Å². The fourth-order valence-electron chi connectivity index (χ4n) is 3.40. The zero-order valence-corrected chi connectivity index (χ0v) is 16.2. The van der Waals surface area contributed by atoms with Crippen molar-refractivity contribution in [3.63, 3.8) is 0 Å². The Bertz CT molecular complexity index is 698. The number of hydrogen-bond donors (Lipinski definition) is 1. The average Bonchev–Trinajstić information content (AvgIpc) is 2.74. The number of hydrogen-bond acceptors (Lipinski definition) is 3. The molecule has 0 spiro atoms. The number of guanidine groups is 1. The second-order valence-corrected chi connectivity index (χ2v) is 6.68. The van der Waals surface area contributed by atoms with Crippen molar-refractivity contribution >= 4 is 5.96 Å². The van der Waals surface area contributed by atoms with Gasteiger partial charge < -0.3 is 19.7 Å². The highest BCUT2D eigenvalue weighted by atomic mass is 16.5. The van der Waals surface area contributed by atoms with Gasteiger partial charge in [0.2, 0.25) is 0 Å². The standard InChI is InChI=1S/C22H29N3O2/c1-23-22(24-17-21(26-2)18-9-5-3-6-10-18)25-15-13-20(14-16-25)27-19-11-7-4-8-12-19/h3-12,20-21H,13-17H2,1-2H3,(H,23,24). The predicted molar refractivity (Wildman–Crippen MR) is 109 cm³/mol. The lowest BCUT2D eigenvalue weighted by Crippen LogP contribution is -2.48. The highest BCUT2D eigenvalue weighted by molar-refractivity contribution is 5.80. The number of methoxy groups -OCH3 is 1. The Kier molecular flexibility index (Phi) is 7.11. The molecule has 5 heteroatoms. The Morgan fingerprint density at radius 3 is 2.30 bits per heavy atom. The summed E-state index contributed by atoms with van der Waals surface area (Å²) in [5.74, 6) is 1.87. The third-order valence-corrected chi connectivity index (χ3v) is 4.90. The lowest BCUT2D eigenvalue weighted by molar-refractivity contribution is 0.103. The van der Waals surface area contributed by atoms with Crippen LogP contribution in [0.4, 0.5) is 0 Å². The van der Waals surface area contributed by atoms with E-state index in [2.05, 4.69) is 27.3 Å². The SMILES string of the molecule is CN=C(NCC(OC)c1ccccc1)N1CCC(Oc2ccccc2)CC1. The molecule has 0 aliphatic carbocycles. The molecule has 5 nitrogen and oxygen atoms in total. The fraction of sp³-hybridized carbons (Fsp3) is 0.409. The normalized spacial score (nSPS) is 16.8. The Hall–Kier alpha value is -2.53. The van der Waals surface area contributed by atoms with Crippen LogP contribution in [-0.4, -0.2) is 50.8 Å². The minimum Gasteiger partial charge on any atom is -0.490 e. The maximum Gasteiger partial charge on any atom is 0.193 e. The van der Waals surface area contributed by atoms with Crippen molar-refractivity contribution in [2.24, 2.45) is 4.99 Å². The fourth-order valence-corrected chi connectivity index (χ4v) is 3.40. The van der Waals surface area contributed by atoms with E-state index in [9.17, 15) is 0 Å². The minimum atomic E-state index is 0.00176. The predicted octanol–water partition coefficient (Wildman–Crippen LogP) is 3.49. The maximum atomic E-state index is 6.08. The summed E-state index contributed by atoms with van der Waals surface area (Å²) >= 11 is 0. The first-order valence-electron chi connectivity index (χ1n) is 9.55. The summed E-state index contributed by atoms with van der Waals surface area (Å²) in [5.41, 5.74) is 1.16. The van der Waals surface area contributed by atoms with Gasteiger partial charge in [-0.2, -0.15) is 0 Å². The molecule has 0 radical (unpaired) electrons. The van der Waals surface area contributed by atoms with Crippen LogP contribution in [0.5, 0.6) is 5.75 Å². The smallest absolute Gasteiger partial charge is 0.193 e. The van der Waals surface area contributed by atoms with Crippen molar-refractivity contribution in [1.82, 2.24) is 10.2 Å². The molecule has 0 amide bonds. The summed E-state index contributed by atoms with van der Waals surface area (Å²) in [6.07, 6.45) is 2.24. The van der Waals surface area contributed by atoms with Crippen LogP contribution in [0.2, 0.25) is 0 Å². The van der Waals surface area contributed by atoms with Crippen LogP contribution in [0.3, 0.4) is 0 Å². The molecule has 2 aromatic carbocycles. The number of nitrogens with one attached hydrogen (secondary N) is 1. The van der Waals surface area contributed by atoms with Crippen LogP contribution in [0.15, 0.2) is 65.7 Å². The maximum absolute atomic E-state index is 6.08. The van der Waals surface area contributed by atoms with Crippen molar-refractivity contribution in [2.45, 2.75) is 25.0 Å². The minimum absolute atomic E-state index is 0.00176. The quantitative estimate of drug-likeness (QED) is 0.627. The Balaban J connectivity index is 1.49. The van der Waals surface area contributed by atoms with E-state index in [0.29, 0.717) is 6.54 Å². The summed E-state index contributed by atoms with van der Waals surface area (Å²) in [4.78, 5) is 6.75. The van der Waals surface area contributed by atoms with Crippen molar-refractivity contribution in [3.8, 4) is 5.75 Å². The number of likely N-dealkylation sites (tertiary alicyclic amines) is 1. The van der Waals surface area contributed by atoms with Gasteiger partial charge in [-0.05, 0) is 17.7 Å². The van der Waals surface area contributed by atoms with Gasteiger partial charge in [-0.3, -0.25) is 4.99 Å². The Morgan fingerprint density at radius 1 is 1.07 bits per heavy atom. The van der Waals surface area contributed by atoms with Gasteiger partial charge in [-0.15, -0.1) is 0 Å². The molecule has 1 aliphatic heterocycles. The lowest BCUT2D eigenvalue weighted by atomic mass is 10.1. The zero-order chi connectivity index (χ0) is 18.9. The third kappa shape index (κ3) is 5.47. The first-order valence-corrected chi connectivity index (χ1v) is 9.55. The zero-order valence-electron chi connectivity index (χ0n) is 16.2. The van der Waals surface area contributed by atoms with E-state index in [1.54, 1.807) is 7.11 Å². The average molecular weight is 367 g/mol. The summed E-state index contributed by atoms with van der Waals surface area (Å²) in [6.45, 7) is 2.55. The van der Waals surface area contributed by atoms with Crippen molar-refractivity contribution < 1.29 is 9.47 Å². The molecule has 1 unspecified atom stereocenters. The monoisotopic (exact) mass is 367 g/mol. The molecule has 1 N–H and O–H groups in total. The van der Waals surface area contributed by atoms with E-state index in [1.165, 1.54) is 0 Å². The molecule has 0 saturated carbocycles. The highest BCUT2D eigenvalue weighted by Gasteiger charge is 2.23. The molecule has 1 aliphatic rings. The van der Waals surface area contributed by atoms with Crippen LogP contribution in [0, 0.1) is 0 Å².